The highest BCUT2D eigenvalue weighted by Crippen LogP contribution is 2.69. The van der Waals surface area contributed by atoms with Crippen molar-refractivity contribution in [2.75, 3.05) is 19.8 Å². The van der Waals surface area contributed by atoms with Crippen molar-refractivity contribution in [1.82, 2.24) is 0 Å². The minimum atomic E-state index is -0.743. The van der Waals surface area contributed by atoms with Crippen LogP contribution in [0.2, 0.25) is 0 Å². The number of esters is 1. The molecule has 1 N–H and O–H groups in total. The van der Waals surface area contributed by atoms with Gasteiger partial charge in [-0.15, -0.1) is 0 Å². The van der Waals surface area contributed by atoms with Gasteiger partial charge in [-0.3, -0.25) is 0 Å². The summed E-state index contributed by atoms with van der Waals surface area (Å²) in [7, 11) is 0. The largest absolute Gasteiger partial charge is 0.462 e. The molecule has 1 aliphatic heterocycles. The number of aliphatic hydroxyl groups is 1. The monoisotopic (exact) mass is 450 g/mol. The van der Waals surface area contributed by atoms with E-state index in [1.165, 1.54) is 5.57 Å². The maximum absolute atomic E-state index is 12.4. The molecule has 5 nitrogen and oxygen atoms in total. The summed E-state index contributed by atoms with van der Waals surface area (Å²) >= 11 is 6.55. The van der Waals surface area contributed by atoms with E-state index in [9.17, 15) is 9.90 Å². The van der Waals surface area contributed by atoms with Crippen molar-refractivity contribution in [2.45, 2.75) is 83.5 Å². The van der Waals surface area contributed by atoms with E-state index >= 15 is 0 Å². The fraction of sp³-hybridized carbons (Fsp3) is 0.800. The highest BCUT2D eigenvalue weighted by Gasteiger charge is 2.66. The number of allylic oxidation sites excluding steroid dienone is 2. The van der Waals surface area contributed by atoms with Crippen molar-refractivity contribution < 1.29 is 24.1 Å². The standard InChI is InChI=1S/C25H35ClO5/c1-4-29-21(27)20(26)19-8-7-17-18-6-5-16-15-24(30-13-14-31-24)11-10-23(16,3)25(18,28)12-9-22(17,19)2/h5,17-18,28H,4,6-15H2,1-3H3/b20-19+/t17-,18-,22-,23-,25+/m0/s1. The summed E-state index contributed by atoms with van der Waals surface area (Å²) in [5, 5.41) is 12.6. The highest BCUT2D eigenvalue weighted by molar-refractivity contribution is 6.41. The summed E-state index contributed by atoms with van der Waals surface area (Å²) in [6, 6.07) is 0. The Morgan fingerprint density at radius 1 is 1.19 bits per heavy atom. The van der Waals surface area contributed by atoms with Crippen LogP contribution in [-0.2, 0) is 19.0 Å². The number of rotatable bonds is 2. The van der Waals surface area contributed by atoms with Gasteiger partial charge < -0.3 is 19.3 Å². The first-order valence-corrected chi connectivity index (χ1v) is 12.3. The van der Waals surface area contributed by atoms with Crippen LogP contribution in [0.25, 0.3) is 0 Å². The third-order valence-electron chi connectivity index (χ3n) is 9.62. The summed E-state index contributed by atoms with van der Waals surface area (Å²) in [6.45, 7) is 7.95. The molecule has 1 spiro atoms. The van der Waals surface area contributed by atoms with Crippen molar-refractivity contribution in [3.05, 3.63) is 22.3 Å². The molecule has 0 radical (unpaired) electrons. The van der Waals surface area contributed by atoms with Gasteiger partial charge in [0.25, 0.3) is 0 Å². The number of hydrogen-bond acceptors (Lipinski definition) is 5. The summed E-state index contributed by atoms with van der Waals surface area (Å²) in [5.41, 5.74) is 1.19. The molecule has 3 saturated carbocycles. The van der Waals surface area contributed by atoms with E-state index in [1.54, 1.807) is 6.92 Å². The molecule has 1 heterocycles. The van der Waals surface area contributed by atoms with Gasteiger partial charge in [-0.05, 0) is 68.3 Å². The molecule has 172 valence electrons. The van der Waals surface area contributed by atoms with E-state index in [2.05, 4.69) is 19.9 Å². The lowest BCUT2D eigenvalue weighted by molar-refractivity contribution is -0.218. The number of carbonyl (C=O) groups is 1. The van der Waals surface area contributed by atoms with Crippen LogP contribution in [-0.4, -0.2) is 42.3 Å². The molecule has 4 fully saturated rings. The molecule has 0 aromatic rings. The summed E-state index contributed by atoms with van der Waals surface area (Å²) in [5.74, 6) is -0.403. The quantitative estimate of drug-likeness (QED) is 0.369. The fourth-order valence-corrected chi connectivity index (χ4v) is 8.14. The molecule has 4 aliphatic carbocycles. The Morgan fingerprint density at radius 3 is 2.65 bits per heavy atom. The van der Waals surface area contributed by atoms with Gasteiger partial charge in [-0.1, -0.05) is 37.1 Å². The molecule has 1 saturated heterocycles. The molecule has 0 aromatic heterocycles. The zero-order valence-corrected chi connectivity index (χ0v) is 19.7. The van der Waals surface area contributed by atoms with Crippen molar-refractivity contribution in [2.24, 2.45) is 22.7 Å². The maximum Gasteiger partial charge on any atom is 0.349 e. The number of halogens is 1. The molecule has 5 atom stereocenters. The molecule has 0 unspecified atom stereocenters. The van der Waals surface area contributed by atoms with E-state index in [4.69, 9.17) is 25.8 Å². The molecule has 31 heavy (non-hydrogen) atoms. The SMILES string of the molecule is CCOC(=O)/C(Cl)=C1/CC[C@H]2[C@@H]3CC=C4CC5(CC[C@]4(C)[C@@]3(O)CC[C@]12C)OCCO5. The Morgan fingerprint density at radius 2 is 1.94 bits per heavy atom. The first-order chi connectivity index (χ1) is 14.7. The highest BCUT2D eigenvalue weighted by atomic mass is 35.5. The normalized spacial score (nSPS) is 44.9. The van der Waals surface area contributed by atoms with Crippen LogP contribution in [0.4, 0.5) is 0 Å². The van der Waals surface area contributed by atoms with Gasteiger partial charge in [-0.2, -0.15) is 0 Å². The van der Waals surface area contributed by atoms with Gasteiger partial charge in [0.15, 0.2) is 5.79 Å². The van der Waals surface area contributed by atoms with E-state index in [1.807, 2.05) is 0 Å². The van der Waals surface area contributed by atoms with Crippen molar-refractivity contribution >= 4 is 17.6 Å². The second-order valence-corrected chi connectivity index (χ2v) is 11.1. The summed E-state index contributed by atoms with van der Waals surface area (Å²) < 4.78 is 17.2. The Balaban J connectivity index is 1.47. The van der Waals surface area contributed by atoms with Gasteiger partial charge in [0.1, 0.15) is 5.03 Å². The number of hydrogen-bond donors (Lipinski definition) is 1. The third kappa shape index (κ3) is 2.96. The minimum absolute atomic E-state index is 0.157. The van der Waals surface area contributed by atoms with Crippen molar-refractivity contribution in [1.29, 1.82) is 0 Å². The molecule has 5 rings (SSSR count). The van der Waals surface area contributed by atoms with Gasteiger partial charge in [0.05, 0.1) is 25.4 Å². The van der Waals surface area contributed by atoms with Crippen LogP contribution in [0, 0.1) is 22.7 Å². The minimum Gasteiger partial charge on any atom is -0.462 e. The predicted molar refractivity (Wildman–Crippen MR) is 117 cm³/mol. The summed E-state index contributed by atoms with van der Waals surface area (Å²) in [6.07, 6.45) is 9.04. The van der Waals surface area contributed by atoms with Crippen LogP contribution in [0.5, 0.6) is 0 Å². The van der Waals surface area contributed by atoms with E-state index in [0.29, 0.717) is 25.7 Å². The molecule has 5 aliphatic rings. The van der Waals surface area contributed by atoms with Crippen LogP contribution in [0.1, 0.15) is 72.1 Å². The van der Waals surface area contributed by atoms with Gasteiger partial charge in [-0.25, -0.2) is 4.79 Å². The lowest BCUT2D eigenvalue weighted by Gasteiger charge is -2.63. The maximum atomic E-state index is 12.4. The lowest BCUT2D eigenvalue weighted by atomic mass is 9.45. The van der Waals surface area contributed by atoms with Gasteiger partial charge in [0, 0.05) is 18.3 Å². The Bertz CT molecular complexity index is 843. The molecule has 0 bridgehead atoms. The fourth-order valence-electron chi connectivity index (χ4n) is 7.78. The third-order valence-corrected chi connectivity index (χ3v) is 10.0. The molecular formula is C25H35ClO5. The smallest absolute Gasteiger partial charge is 0.349 e. The number of carbonyl (C=O) groups excluding carboxylic acids is 1. The summed E-state index contributed by atoms with van der Waals surface area (Å²) in [4.78, 5) is 12.4. The van der Waals surface area contributed by atoms with E-state index in [-0.39, 0.29) is 21.8 Å². The Labute approximate surface area is 190 Å². The molecule has 6 heteroatoms. The second kappa shape index (κ2) is 7.31. The average molecular weight is 451 g/mol. The predicted octanol–water partition coefficient (Wildman–Crippen LogP) is 4.86. The zero-order chi connectivity index (χ0) is 22.1. The van der Waals surface area contributed by atoms with Crippen LogP contribution in [0.3, 0.4) is 0 Å². The topological polar surface area (TPSA) is 65.0 Å². The van der Waals surface area contributed by atoms with Crippen LogP contribution < -0.4 is 0 Å². The number of fused-ring (bicyclic) bond motifs is 5. The Hall–Kier alpha value is -0.880. The average Bonchev–Trinajstić information content (AvgIpc) is 3.34. The van der Waals surface area contributed by atoms with Crippen molar-refractivity contribution in [3.8, 4) is 0 Å². The van der Waals surface area contributed by atoms with Crippen LogP contribution in [0.15, 0.2) is 22.3 Å². The molecule has 0 amide bonds. The molecule has 0 aromatic carbocycles. The molecular weight excluding hydrogens is 416 g/mol. The van der Waals surface area contributed by atoms with Crippen LogP contribution >= 0.6 is 11.6 Å². The lowest BCUT2D eigenvalue weighted by Crippen LogP contribution is -2.63. The second-order valence-electron chi connectivity index (χ2n) is 10.7. The van der Waals surface area contributed by atoms with Crippen molar-refractivity contribution in [3.63, 3.8) is 0 Å². The van der Waals surface area contributed by atoms with Gasteiger partial charge in [0.2, 0.25) is 0 Å². The zero-order valence-electron chi connectivity index (χ0n) is 19.0. The van der Waals surface area contributed by atoms with E-state index < -0.39 is 17.4 Å². The van der Waals surface area contributed by atoms with E-state index in [0.717, 1.165) is 56.9 Å². The Kier molecular flexibility index (Phi) is 5.17. The van der Waals surface area contributed by atoms with Gasteiger partial charge >= 0.3 is 5.97 Å². The number of ether oxygens (including phenoxy) is 3. The first kappa shape index (κ1) is 21.9. The first-order valence-electron chi connectivity index (χ1n) is 12.0.